The summed E-state index contributed by atoms with van der Waals surface area (Å²) in [4.78, 5) is 11.7. The number of aromatic nitrogens is 4. The SMILES string of the molecule is COCCCNC(=O)CSc1nnnn1C1CCCCC1. The zero-order valence-corrected chi connectivity index (χ0v) is 13.3. The Bertz CT molecular complexity index is 434. The largest absolute Gasteiger partial charge is 0.385 e. The van der Waals surface area contributed by atoms with Gasteiger partial charge in [-0.25, -0.2) is 4.68 Å². The number of ether oxygens (including phenoxy) is 1. The fraction of sp³-hybridized carbons (Fsp3) is 0.846. The number of nitrogens with one attached hydrogen (secondary N) is 1. The lowest BCUT2D eigenvalue weighted by Gasteiger charge is -2.21. The molecule has 118 valence electrons. The maximum atomic E-state index is 11.7. The number of methoxy groups -OCH3 is 1. The zero-order valence-electron chi connectivity index (χ0n) is 12.5. The first-order valence-electron chi connectivity index (χ1n) is 7.47. The van der Waals surface area contributed by atoms with E-state index >= 15 is 0 Å². The van der Waals surface area contributed by atoms with Crippen LogP contribution in [0, 0.1) is 0 Å². The van der Waals surface area contributed by atoms with E-state index in [1.807, 2.05) is 4.68 Å². The zero-order chi connectivity index (χ0) is 14.9. The molecule has 0 radical (unpaired) electrons. The van der Waals surface area contributed by atoms with Crippen LogP contribution in [0.15, 0.2) is 5.16 Å². The summed E-state index contributed by atoms with van der Waals surface area (Å²) in [5.74, 6) is 0.356. The van der Waals surface area contributed by atoms with Gasteiger partial charge in [0.25, 0.3) is 0 Å². The molecule has 2 rings (SSSR count). The molecule has 1 aromatic rings. The molecule has 1 aliphatic carbocycles. The third kappa shape index (κ3) is 5.28. The molecule has 21 heavy (non-hydrogen) atoms. The normalized spacial score (nSPS) is 16.0. The molecule has 0 aromatic carbocycles. The fourth-order valence-electron chi connectivity index (χ4n) is 2.46. The second-order valence-electron chi connectivity index (χ2n) is 5.18. The molecule has 0 atom stereocenters. The van der Waals surface area contributed by atoms with Crippen molar-refractivity contribution in [2.24, 2.45) is 0 Å². The van der Waals surface area contributed by atoms with E-state index in [0.717, 1.165) is 24.4 Å². The summed E-state index contributed by atoms with van der Waals surface area (Å²) in [5, 5.41) is 15.5. The van der Waals surface area contributed by atoms with Crippen LogP contribution in [0.1, 0.15) is 44.6 Å². The van der Waals surface area contributed by atoms with Crippen LogP contribution >= 0.6 is 11.8 Å². The van der Waals surface area contributed by atoms with Crippen LogP contribution in [0.25, 0.3) is 0 Å². The van der Waals surface area contributed by atoms with Crippen LogP contribution in [-0.4, -0.2) is 52.1 Å². The Balaban J connectivity index is 1.75. The van der Waals surface area contributed by atoms with Gasteiger partial charge in [-0.1, -0.05) is 31.0 Å². The van der Waals surface area contributed by atoms with Crippen molar-refractivity contribution in [3.05, 3.63) is 0 Å². The third-order valence-corrected chi connectivity index (χ3v) is 4.50. The van der Waals surface area contributed by atoms with Crippen molar-refractivity contribution in [3.8, 4) is 0 Å². The second kappa shape index (κ2) is 8.99. The molecule has 0 saturated heterocycles. The van der Waals surface area contributed by atoms with Crippen molar-refractivity contribution >= 4 is 17.7 Å². The van der Waals surface area contributed by atoms with Crippen LogP contribution in [0.3, 0.4) is 0 Å². The molecular formula is C13H23N5O2S. The summed E-state index contributed by atoms with van der Waals surface area (Å²) in [6.07, 6.45) is 6.84. The number of rotatable bonds is 8. The molecule has 1 fully saturated rings. The molecule has 8 heteroatoms. The molecule has 7 nitrogen and oxygen atoms in total. The second-order valence-corrected chi connectivity index (χ2v) is 6.13. The highest BCUT2D eigenvalue weighted by Crippen LogP contribution is 2.29. The van der Waals surface area contributed by atoms with E-state index in [4.69, 9.17) is 4.74 Å². The van der Waals surface area contributed by atoms with Gasteiger partial charge in [0.2, 0.25) is 11.1 Å². The molecule has 0 unspecified atom stereocenters. The summed E-state index contributed by atoms with van der Waals surface area (Å²) < 4.78 is 6.83. The minimum absolute atomic E-state index is 0.00861. The van der Waals surface area contributed by atoms with Crippen molar-refractivity contribution < 1.29 is 9.53 Å². The van der Waals surface area contributed by atoms with Crippen LogP contribution < -0.4 is 5.32 Å². The lowest BCUT2D eigenvalue weighted by atomic mass is 9.96. The Hall–Kier alpha value is -1.15. The first-order valence-corrected chi connectivity index (χ1v) is 8.46. The van der Waals surface area contributed by atoms with E-state index in [9.17, 15) is 4.79 Å². The van der Waals surface area contributed by atoms with Crippen LogP contribution in [0.2, 0.25) is 0 Å². The van der Waals surface area contributed by atoms with Crippen molar-refractivity contribution in [1.82, 2.24) is 25.5 Å². The van der Waals surface area contributed by atoms with Gasteiger partial charge in [-0.3, -0.25) is 4.79 Å². The summed E-state index contributed by atoms with van der Waals surface area (Å²) in [6.45, 7) is 1.30. The molecule has 0 bridgehead atoms. The maximum Gasteiger partial charge on any atom is 0.230 e. The molecule has 1 aromatic heterocycles. The monoisotopic (exact) mass is 313 g/mol. The topological polar surface area (TPSA) is 81.9 Å². The summed E-state index contributed by atoms with van der Waals surface area (Å²) in [6, 6.07) is 0.390. The lowest BCUT2D eigenvalue weighted by Crippen LogP contribution is -2.27. The molecule has 1 amide bonds. The number of amides is 1. The highest BCUT2D eigenvalue weighted by Gasteiger charge is 2.20. The number of hydrogen-bond donors (Lipinski definition) is 1. The van der Waals surface area contributed by atoms with Crippen molar-refractivity contribution in [2.45, 2.75) is 49.7 Å². The highest BCUT2D eigenvalue weighted by atomic mass is 32.2. The Morgan fingerprint density at radius 1 is 1.43 bits per heavy atom. The molecule has 1 N–H and O–H groups in total. The molecule has 0 spiro atoms. The van der Waals surface area contributed by atoms with E-state index in [-0.39, 0.29) is 5.91 Å². The third-order valence-electron chi connectivity index (χ3n) is 3.56. The minimum atomic E-state index is 0.00861. The lowest BCUT2D eigenvalue weighted by molar-refractivity contribution is -0.118. The van der Waals surface area contributed by atoms with Gasteiger partial charge in [0.15, 0.2) is 0 Å². The molecule has 1 heterocycles. The van der Waals surface area contributed by atoms with Gasteiger partial charge >= 0.3 is 0 Å². The minimum Gasteiger partial charge on any atom is -0.385 e. The van der Waals surface area contributed by atoms with Gasteiger partial charge in [0.05, 0.1) is 11.8 Å². The van der Waals surface area contributed by atoms with Gasteiger partial charge in [0, 0.05) is 20.3 Å². The summed E-state index contributed by atoms with van der Waals surface area (Å²) in [5.41, 5.74) is 0. The number of carbonyl (C=O) groups is 1. The highest BCUT2D eigenvalue weighted by molar-refractivity contribution is 7.99. The first-order chi connectivity index (χ1) is 10.3. The predicted octanol–water partition coefficient (Wildman–Crippen LogP) is 1.42. The van der Waals surface area contributed by atoms with E-state index in [1.54, 1.807) is 7.11 Å². The van der Waals surface area contributed by atoms with Crippen molar-refractivity contribution in [2.75, 3.05) is 26.0 Å². The van der Waals surface area contributed by atoms with Gasteiger partial charge in [-0.2, -0.15) is 0 Å². The first kappa shape index (κ1) is 16.2. The Morgan fingerprint density at radius 3 is 3.00 bits per heavy atom. The summed E-state index contributed by atoms with van der Waals surface area (Å²) in [7, 11) is 1.66. The number of carbonyl (C=O) groups excluding carboxylic acids is 1. The maximum absolute atomic E-state index is 11.7. The van der Waals surface area contributed by atoms with E-state index in [2.05, 4.69) is 20.8 Å². The molecule has 1 saturated carbocycles. The molecule has 0 aliphatic heterocycles. The quantitative estimate of drug-likeness (QED) is 0.577. The number of tetrazole rings is 1. The smallest absolute Gasteiger partial charge is 0.230 e. The molecule has 1 aliphatic rings. The average molecular weight is 313 g/mol. The Kier molecular flexibility index (Phi) is 6.94. The summed E-state index contributed by atoms with van der Waals surface area (Å²) >= 11 is 1.40. The van der Waals surface area contributed by atoms with Gasteiger partial charge in [0.1, 0.15) is 0 Å². The van der Waals surface area contributed by atoms with E-state index in [0.29, 0.717) is 24.9 Å². The average Bonchev–Trinajstić information content (AvgIpc) is 2.99. The van der Waals surface area contributed by atoms with E-state index in [1.165, 1.54) is 31.0 Å². The number of nitrogens with zero attached hydrogens (tertiary/aromatic N) is 4. The Morgan fingerprint density at radius 2 is 2.24 bits per heavy atom. The van der Waals surface area contributed by atoms with Crippen molar-refractivity contribution in [3.63, 3.8) is 0 Å². The van der Waals surface area contributed by atoms with Crippen molar-refractivity contribution in [1.29, 1.82) is 0 Å². The van der Waals surface area contributed by atoms with Crippen LogP contribution in [-0.2, 0) is 9.53 Å². The molecular weight excluding hydrogens is 290 g/mol. The number of hydrogen-bond acceptors (Lipinski definition) is 6. The van der Waals surface area contributed by atoms with Gasteiger partial charge < -0.3 is 10.1 Å². The fourth-order valence-corrected chi connectivity index (χ4v) is 3.24. The number of thioether (sulfide) groups is 1. The standard InChI is InChI=1S/C13H23N5O2S/c1-20-9-5-8-14-12(19)10-21-13-15-16-17-18(13)11-6-3-2-4-7-11/h11H,2-10H2,1H3,(H,14,19). The van der Waals surface area contributed by atoms with E-state index < -0.39 is 0 Å². The van der Waals surface area contributed by atoms with Crippen LogP contribution in [0.5, 0.6) is 0 Å². The predicted molar refractivity (Wildman–Crippen MR) is 80.2 cm³/mol. The van der Waals surface area contributed by atoms with Gasteiger partial charge in [-0.15, -0.1) is 5.10 Å². The Labute approximate surface area is 129 Å². The van der Waals surface area contributed by atoms with Gasteiger partial charge in [-0.05, 0) is 29.7 Å². The van der Waals surface area contributed by atoms with Crippen LogP contribution in [0.4, 0.5) is 0 Å².